The molecule has 3 heteroatoms. The molecule has 0 unspecified atom stereocenters. The van der Waals surface area contributed by atoms with E-state index in [1.807, 2.05) is 37.0 Å². The summed E-state index contributed by atoms with van der Waals surface area (Å²) < 4.78 is 1.82. The van der Waals surface area contributed by atoms with Crippen molar-refractivity contribution in [2.24, 2.45) is 12.8 Å². The van der Waals surface area contributed by atoms with Crippen LogP contribution in [0.4, 0.5) is 0 Å². The van der Waals surface area contributed by atoms with E-state index in [9.17, 15) is 0 Å². The second-order valence-corrected chi connectivity index (χ2v) is 3.41. The molecule has 2 aromatic rings. The van der Waals surface area contributed by atoms with E-state index in [4.69, 9.17) is 5.73 Å². The smallest absolute Gasteiger partial charge is 0.0923 e. The first-order valence-electron chi connectivity index (χ1n) is 4.36. The average molecular weight is 175 g/mol. The van der Waals surface area contributed by atoms with Crippen molar-refractivity contribution >= 4 is 10.9 Å². The largest absolute Gasteiger partial charge is 0.324 e. The summed E-state index contributed by atoms with van der Waals surface area (Å²) in [6.07, 6.45) is 2.00. The van der Waals surface area contributed by atoms with Gasteiger partial charge in [-0.05, 0) is 24.6 Å². The van der Waals surface area contributed by atoms with Crippen LogP contribution in [0.3, 0.4) is 0 Å². The summed E-state index contributed by atoms with van der Waals surface area (Å²) in [4.78, 5) is 0. The van der Waals surface area contributed by atoms with Gasteiger partial charge in [-0.3, -0.25) is 4.68 Å². The fourth-order valence-electron chi connectivity index (χ4n) is 1.45. The first-order valence-corrected chi connectivity index (χ1v) is 4.36. The van der Waals surface area contributed by atoms with Gasteiger partial charge in [0.05, 0.1) is 5.52 Å². The number of hydrogen-bond acceptors (Lipinski definition) is 2. The summed E-state index contributed by atoms with van der Waals surface area (Å²) in [6, 6.07) is 6.21. The van der Waals surface area contributed by atoms with Gasteiger partial charge in [0.15, 0.2) is 0 Å². The Balaban J connectivity index is 2.61. The first-order chi connectivity index (χ1) is 6.16. The molecule has 1 aromatic heterocycles. The van der Waals surface area contributed by atoms with Crippen LogP contribution in [0.25, 0.3) is 10.9 Å². The van der Waals surface area contributed by atoms with Crippen molar-refractivity contribution in [2.45, 2.75) is 13.0 Å². The van der Waals surface area contributed by atoms with Gasteiger partial charge in [-0.15, -0.1) is 0 Å². The maximum Gasteiger partial charge on any atom is 0.0923 e. The molecule has 0 amide bonds. The molecule has 2 rings (SSSR count). The maximum absolute atomic E-state index is 5.78. The monoisotopic (exact) mass is 175 g/mol. The summed E-state index contributed by atoms with van der Waals surface area (Å²) in [5.41, 5.74) is 7.96. The zero-order valence-electron chi connectivity index (χ0n) is 7.86. The number of nitrogens with two attached hydrogens (primary N) is 1. The van der Waals surface area contributed by atoms with Gasteiger partial charge < -0.3 is 5.73 Å². The minimum absolute atomic E-state index is 0.0876. The number of rotatable bonds is 1. The van der Waals surface area contributed by atoms with Crippen LogP contribution in [0.5, 0.6) is 0 Å². The predicted octanol–water partition coefficient (Wildman–Crippen LogP) is 1.59. The van der Waals surface area contributed by atoms with Crippen molar-refractivity contribution < 1.29 is 0 Å². The number of nitrogens with zero attached hydrogens (tertiary/aromatic N) is 2. The lowest BCUT2D eigenvalue weighted by Gasteiger charge is -2.03. The zero-order valence-corrected chi connectivity index (χ0v) is 7.86. The van der Waals surface area contributed by atoms with Crippen LogP contribution in [0.15, 0.2) is 24.4 Å². The van der Waals surface area contributed by atoms with E-state index in [-0.39, 0.29) is 6.04 Å². The van der Waals surface area contributed by atoms with Crippen molar-refractivity contribution in [2.75, 3.05) is 0 Å². The van der Waals surface area contributed by atoms with Crippen molar-refractivity contribution in [3.8, 4) is 0 Å². The third kappa shape index (κ3) is 1.42. The van der Waals surface area contributed by atoms with Crippen molar-refractivity contribution in [3.63, 3.8) is 0 Å². The number of fused-ring (bicyclic) bond motifs is 1. The first kappa shape index (κ1) is 8.26. The maximum atomic E-state index is 5.78. The molecule has 13 heavy (non-hydrogen) atoms. The van der Waals surface area contributed by atoms with E-state index in [2.05, 4.69) is 11.2 Å². The van der Waals surface area contributed by atoms with E-state index >= 15 is 0 Å². The lowest BCUT2D eigenvalue weighted by Crippen LogP contribution is -2.04. The summed E-state index contributed by atoms with van der Waals surface area (Å²) in [7, 11) is 1.92. The summed E-state index contributed by atoms with van der Waals surface area (Å²) in [5, 5.41) is 5.44. The summed E-state index contributed by atoms with van der Waals surface area (Å²) in [6.45, 7) is 1.98. The molecule has 3 nitrogen and oxygen atoms in total. The van der Waals surface area contributed by atoms with Crippen molar-refractivity contribution in [1.29, 1.82) is 0 Å². The molecule has 0 saturated heterocycles. The van der Waals surface area contributed by atoms with E-state index in [1.165, 1.54) is 0 Å². The molecule has 0 aliphatic rings. The highest BCUT2D eigenvalue weighted by atomic mass is 15.2. The van der Waals surface area contributed by atoms with Crippen LogP contribution in [0.1, 0.15) is 18.5 Å². The minimum atomic E-state index is 0.0876. The molecule has 1 aromatic carbocycles. The van der Waals surface area contributed by atoms with Gasteiger partial charge in [-0.1, -0.05) is 6.07 Å². The fraction of sp³-hybridized carbons (Fsp3) is 0.300. The van der Waals surface area contributed by atoms with E-state index in [0.717, 1.165) is 16.5 Å². The second kappa shape index (κ2) is 2.85. The predicted molar refractivity (Wildman–Crippen MR) is 53.3 cm³/mol. The fourth-order valence-corrected chi connectivity index (χ4v) is 1.45. The molecule has 1 atom stereocenters. The average Bonchev–Trinajstić information content (AvgIpc) is 2.42. The van der Waals surface area contributed by atoms with Crippen LogP contribution in [-0.4, -0.2) is 9.78 Å². The topological polar surface area (TPSA) is 43.8 Å². The Labute approximate surface area is 77.2 Å². The van der Waals surface area contributed by atoms with Gasteiger partial charge in [0.1, 0.15) is 0 Å². The Bertz CT molecular complexity index is 429. The molecule has 1 heterocycles. The molecule has 0 aliphatic heterocycles. The number of hydrogen-bond donors (Lipinski definition) is 1. The highest BCUT2D eigenvalue weighted by Gasteiger charge is 2.02. The number of aryl methyl sites for hydroxylation is 1. The third-order valence-corrected chi connectivity index (χ3v) is 2.17. The van der Waals surface area contributed by atoms with E-state index < -0.39 is 0 Å². The van der Waals surface area contributed by atoms with Crippen LogP contribution < -0.4 is 5.73 Å². The number of aromatic nitrogens is 2. The Kier molecular flexibility index (Phi) is 1.81. The van der Waals surface area contributed by atoms with Crippen LogP contribution in [0, 0.1) is 0 Å². The Morgan fingerprint density at radius 2 is 2.23 bits per heavy atom. The third-order valence-electron chi connectivity index (χ3n) is 2.17. The van der Waals surface area contributed by atoms with E-state index in [0.29, 0.717) is 0 Å². The molecule has 0 radical (unpaired) electrons. The Morgan fingerprint density at radius 1 is 1.46 bits per heavy atom. The van der Waals surface area contributed by atoms with Crippen molar-refractivity contribution in [3.05, 3.63) is 30.0 Å². The van der Waals surface area contributed by atoms with Gasteiger partial charge in [0.25, 0.3) is 0 Å². The SMILES string of the molecule is C[C@@H](N)c1ccc2nn(C)cc2c1. The lowest BCUT2D eigenvalue weighted by atomic mass is 10.1. The van der Waals surface area contributed by atoms with Crippen LogP contribution in [0.2, 0.25) is 0 Å². The standard InChI is InChI=1S/C10H13N3/c1-7(11)8-3-4-10-9(5-8)6-13(2)12-10/h3-7H,11H2,1-2H3/t7-/m1/s1. The molecule has 68 valence electrons. The molecule has 0 fully saturated rings. The second-order valence-electron chi connectivity index (χ2n) is 3.41. The van der Waals surface area contributed by atoms with Crippen molar-refractivity contribution in [1.82, 2.24) is 9.78 Å². The van der Waals surface area contributed by atoms with Gasteiger partial charge in [0, 0.05) is 24.7 Å². The molecule has 2 N–H and O–H groups in total. The van der Waals surface area contributed by atoms with Crippen LogP contribution >= 0.6 is 0 Å². The quantitative estimate of drug-likeness (QED) is 0.715. The summed E-state index contributed by atoms with van der Waals surface area (Å²) >= 11 is 0. The van der Waals surface area contributed by atoms with E-state index in [1.54, 1.807) is 0 Å². The lowest BCUT2D eigenvalue weighted by molar-refractivity contribution is 0.780. The Morgan fingerprint density at radius 3 is 2.92 bits per heavy atom. The molecular formula is C10H13N3. The molecule has 0 bridgehead atoms. The van der Waals surface area contributed by atoms with Gasteiger partial charge >= 0.3 is 0 Å². The Hall–Kier alpha value is -1.35. The normalized spacial score (nSPS) is 13.5. The van der Waals surface area contributed by atoms with Gasteiger partial charge in [-0.25, -0.2) is 0 Å². The molecule has 0 spiro atoms. The molecule has 0 aliphatic carbocycles. The molecular weight excluding hydrogens is 162 g/mol. The van der Waals surface area contributed by atoms with Crippen LogP contribution in [-0.2, 0) is 7.05 Å². The molecule has 0 saturated carbocycles. The minimum Gasteiger partial charge on any atom is -0.324 e. The van der Waals surface area contributed by atoms with Gasteiger partial charge in [-0.2, -0.15) is 5.10 Å². The summed E-state index contributed by atoms with van der Waals surface area (Å²) in [5.74, 6) is 0. The van der Waals surface area contributed by atoms with Gasteiger partial charge in [0.2, 0.25) is 0 Å². The number of benzene rings is 1. The highest BCUT2D eigenvalue weighted by molar-refractivity contribution is 5.78. The highest BCUT2D eigenvalue weighted by Crippen LogP contribution is 2.17. The zero-order chi connectivity index (χ0) is 9.42.